The largest absolute Gasteiger partial charge is 0.366 e. The number of rotatable bonds is 5. The van der Waals surface area contributed by atoms with Gasteiger partial charge in [-0.05, 0) is 31.0 Å². The van der Waals surface area contributed by atoms with Crippen LogP contribution in [-0.4, -0.2) is 28.9 Å². The number of piperidine rings is 1. The van der Waals surface area contributed by atoms with Gasteiger partial charge >= 0.3 is 0 Å². The quantitative estimate of drug-likeness (QED) is 0.667. The van der Waals surface area contributed by atoms with Gasteiger partial charge in [0.1, 0.15) is 5.69 Å². The summed E-state index contributed by atoms with van der Waals surface area (Å²) in [6, 6.07) is 12.3. The van der Waals surface area contributed by atoms with Crippen LogP contribution in [0.1, 0.15) is 18.5 Å². The van der Waals surface area contributed by atoms with E-state index < -0.39 is 0 Å². The molecule has 7 nitrogen and oxygen atoms in total. The van der Waals surface area contributed by atoms with Crippen molar-refractivity contribution in [2.45, 2.75) is 19.4 Å². The molecule has 1 saturated heterocycles. The van der Waals surface area contributed by atoms with Crippen LogP contribution in [0.4, 0.5) is 11.4 Å². The molecule has 7 heteroatoms. The topological polar surface area (TPSA) is 88.4 Å². The second kappa shape index (κ2) is 7.74. The summed E-state index contributed by atoms with van der Waals surface area (Å²) in [7, 11) is 0. The molecule has 130 valence electrons. The molecule has 0 radical (unpaired) electrons. The van der Waals surface area contributed by atoms with Crippen LogP contribution in [0.3, 0.4) is 0 Å². The molecule has 0 saturated carbocycles. The van der Waals surface area contributed by atoms with Crippen LogP contribution in [0, 0.1) is 16.0 Å². The van der Waals surface area contributed by atoms with Crippen molar-refractivity contribution < 1.29 is 9.72 Å². The molecule has 3 rings (SSSR count). The Kier molecular flexibility index (Phi) is 5.23. The lowest BCUT2D eigenvalue weighted by molar-refractivity contribution is -0.384. The number of amides is 1. The molecule has 1 aromatic heterocycles. The summed E-state index contributed by atoms with van der Waals surface area (Å²) in [5.74, 6) is -0.0457. The van der Waals surface area contributed by atoms with Crippen LogP contribution >= 0.6 is 0 Å². The van der Waals surface area contributed by atoms with Gasteiger partial charge in [0.25, 0.3) is 5.69 Å². The van der Waals surface area contributed by atoms with Gasteiger partial charge in [0, 0.05) is 31.3 Å². The standard InChI is InChI=1S/C18H20N4O3/c23-18(20-13-15-5-3-4-10-19-15)14-8-11-21(12-9-14)16-6-1-2-7-17(16)22(24)25/h1-7,10,14H,8-9,11-13H2,(H,20,23). The number of carbonyl (C=O) groups excluding carboxylic acids is 1. The predicted octanol–water partition coefficient (Wildman–Crippen LogP) is 2.52. The number of carbonyl (C=O) groups is 1. The zero-order valence-corrected chi connectivity index (χ0v) is 13.8. The van der Waals surface area contributed by atoms with Crippen molar-refractivity contribution in [1.82, 2.24) is 10.3 Å². The number of nitrogens with one attached hydrogen (secondary N) is 1. The highest BCUT2D eigenvalue weighted by Gasteiger charge is 2.27. The molecule has 1 aliphatic rings. The first-order valence-corrected chi connectivity index (χ1v) is 8.31. The van der Waals surface area contributed by atoms with Gasteiger partial charge in [0.05, 0.1) is 17.2 Å². The van der Waals surface area contributed by atoms with E-state index in [1.165, 1.54) is 6.07 Å². The Morgan fingerprint density at radius 2 is 1.92 bits per heavy atom. The number of hydrogen-bond acceptors (Lipinski definition) is 5. The third-order valence-electron chi connectivity index (χ3n) is 4.45. The maximum Gasteiger partial charge on any atom is 0.292 e. The molecule has 0 bridgehead atoms. The summed E-state index contributed by atoms with van der Waals surface area (Å²) in [5.41, 5.74) is 1.56. The fraction of sp³-hybridized carbons (Fsp3) is 0.333. The van der Waals surface area contributed by atoms with E-state index in [4.69, 9.17) is 0 Å². The molecule has 25 heavy (non-hydrogen) atoms. The summed E-state index contributed by atoms with van der Waals surface area (Å²) in [6.45, 7) is 1.68. The third kappa shape index (κ3) is 4.12. The van der Waals surface area contributed by atoms with Crippen molar-refractivity contribution in [2.75, 3.05) is 18.0 Å². The summed E-state index contributed by atoms with van der Waals surface area (Å²) in [5, 5.41) is 14.1. The van der Waals surface area contributed by atoms with Gasteiger partial charge in [-0.15, -0.1) is 0 Å². The van der Waals surface area contributed by atoms with Crippen LogP contribution in [-0.2, 0) is 11.3 Å². The number of aromatic nitrogens is 1. The predicted molar refractivity (Wildman–Crippen MR) is 94.1 cm³/mol. The van der Waals surface area contributed by atoms with E-state index in [2.05, 4.69) is 10.3 Å². The van der Waals surface area contributed by atoms with Crippen molar-refractivity contribution >= 4 is 17.3 Å². The Bertz CT molecular complexity index is 743. The molecule has 2 heterocycles. The molecule has 1 aliphatic heterocycles. The fourth-order valence-corrected chi connectivity index (χ4v) is 3.09. The Morgan fingerprint density at radius 1 is 1.20 bits per heavy atom. The molecule has 0 aliphatic carbocycles. The number of hydrogen-bond donors (Lipinski definition) is 1. The maximum atomic E-state index is 12.3. The Morgan fingerprint density at radius 3 is 2.60 bits per heavy atom. The van der Waals surface area contributed by atoms with Crippen molar-refractivity contribution in [1.29, 1.82) is 0 Å². The number of nitro groups is 1. The molecule has 0 spiro atoms. The first-order chi connectivity index (χ1) is 12.1. The minimum atomic E-state index is -0.360. The monoisotopic (exact) mass is 340 g/mol. The van der Waals surface area contributed by atoms with Crippen LogP contribution in [0.15, 0.2) is 48.7 Å². The Balaban J connectivity index is 1.55. The van der Waals surface area contributed by atoms with Crippen LogP contribution in [0.2, 0.25) is 0 Å². The second-order valence-electron chi connectivity index (χ2n) is 6.05. The van der Waals surface area contributed by atoms with E-state index in [9.17, 15) is 14.9 Å². The highest BCUT2D eigenvalue weighted by atomic mass is 16.6. The highest BCUT2D eigenvalue weighted by molar-refractivity contribution is 5.79. The van der Waals surface area contributed by atoms with Crippen LogP contribution < -0.4 is 10.2 Å². The van der Waals surface area contributed by atoms with Gasteiger partial charge < -0.3 is 10.2 Å². The first-order valence-electron chi connectivity index (χ1n) is 8.31. The molecule has 1 fully saturated rings. The van der Waals surface area contributed by atoms with E-state index in [1.54, 1.807) is 24.4 Å². The normalized spacial score (nSPS) is 15.0. The van der Waals surface area contributed by atoms with Crippen molar-refractivity contribution in [3.8, 4) is 0 Å². The van der Waals surface area contributed by atoms with Crippen LogP contribution in [0.25, 0.3) is 0 Å². The van der Waals surface area contributed by atoms with Gasteiger partial charge in [-0.2, -0.15) is 0 Å². The molecular weight excluding hydrogens is 320 g/mol. The maximum absolute atomic E-state index is 12.3. The minimum Gasteiger partial charge on any atom is -0.366 e. The number of anilines is 1. The molecule has 1 amide bonds. The zero-order chi connectivity index (χ0) is 17.6. The average Bonchev–Trinajstić information content (AvgIpc) is 2.67. The van der Waals surface area contributed by atoms with Crippen molar-refractivity contribution in [3.05, 3.63) is 64.5 Å². The van der Waals surface area contributed by atoms with E-state index >= 15 is 0 Å². The summed E-state index contributed by atoms with van der Waals surface area (Å²) < 4.78 is 0. The average molecular weight is 340 g/mol. The molecule has 0 atom stereocenters. The van der Waals surface area contributed by atoms with E-state index in [1.807, 2.05) is 23.1 Å². The van der Waals surface area contributed by atoms with Gasteiger partial charge in [-0.25, -0.2) is 0 Å². The Hall–Kier alpha value is -2.96. The lowest BCUT2D eigenvalue weighted by Crippen LogP contribution is -2.40. The van der Waals surface area contributed by atoms with Gasteiger partial charge in [-0.1, -0.05) is 18.2 Å². The van der Waals surface area contributed by atoms with Crippen LogP contribution in [0.5, 0.6) is 0 Å². The SMILES string of the molecule is O=C(NCc1ccccn1)C1CCN(c2ccccc2[N+](=O)[O-])CC1. The molecule has 1 aromatic carbocycles. The summed E-state index contributed by atoms with van der Waals surface area (Å²) in [4.78, 5) is 29.3. The van der Waals surface area contributed by atoms with E-state index in [0.717, 1.165) is 5.69 Å². The van der Waals surface area contributed by atoms with E-state index in [0.29, 0.717) is 38.2 Å². The van der Waals surface area contributed by atoms with E-state index in [-0.39, 0.29) is 22.4 Å². The number of para-hydroxylation sites is 2. The summed E-state index contributed by atoms with van der Waals surface area (Å²) >= 11 is 0. The lowest BCUT2D eigenvalue weighted by Gasteiger charge is -2.32. The first kappa shape index (κ1) is 16.9. The number of nitro benzene ring substituents is 1. The number of nitrogens with zero attached hydrogens (tertiary/aromatic N) is 3. The number of pyridine rings is 1. The van der Waals surface area contributed by atoms with Crippen molar-refractivity contribution in [2.24, 2.45) is 5.92 Å². The zero-order valence-electron chi connectivity index (χ0n) is 13.8. The molecular formula is C18H20N4O3. The highest BCUT2D eigenvalue weighted by Crippen LogP contribution is 2.31. The Labute approximate surface area is 145 Å². The number of benzene rings is 1. The van der Waals surface area contributed by atoms with Gasteiger partial charge in [-0.3, -0.25) is 19.9 Å². The second-order valence-corrected chi connectivity index (χ2v) is 6.05. The van der Waals surface area contributed by atoms with Gasteiger partial charge in [0.15, 0.2) is 0 Å². The van der Waals surface area contributed by atoms with Crippen molar-refractivity contribution in [3.63, 3.8) is 0 Å². The summed E-state index contributed by atoms with van der Waals surface area (Å²) in [6.07, 6.45) is 3.06. The molecule has 0 unspecified atom stereocenters. The third-order valence-corrected chi connectivity index (χ3v) is 4.45. The smallest absolute Gasteiger partial charge is 0.292 e. The molecule has 1 N–H and O–H groups in total. The fourth-order valence-electron chi connectivity index (χ4n) is 3.09. The lowest BCUT2D eigenvalue weighted by atomic mass is 9.95. The molecule has 2 aromatic rings. The van der Waals surface area contributed by atoms with Gasteiger partial charge in [0.2, 0.25) is 5.91 Å². The minimum absolute atomic E-state index is 0.0212.